The Labute approximate surface area is 197 Å². The molecule has 1 aromatic carbocycles. The number of fused-ring (bicyclic) bond motifs is 1. The Bertz CT molecular complexity index is 1320. The van der Waals surface area contributed by atoms with Gasteiger partial charge in [-0.2, -0.15) is 0 Å². The molecule has 4 heterocycles. The number of pyridine rings is 1. The molecule has 34 heavy (non-hydrogen) atoms. The summed E-state index contributed by atoms with van der Waals surface area (Å²) in [5.74, 6) is 2.41. The lowest BCUT2D eigenvalue weighted by molar-refractivity contribution is 0.397. The SMILES string of the molecule is COc1ncnc(C2CC2)c1-c1nc2c(c(NCc3ccc(-c4ccccn4)cc3)n1)CNC2. The minimum absolute atomic E-state index is 0.427. The average Bonchev–Trinajstić information content (AvgIpc) is 3.64. The molecule has 0 unspecified atom stereocenters. The molecule has 0 amide bonds. The Balaban J connectivity index is 1.30. The minimum Gasteiger partial charge on any atom is -0.480 e. The van der Waals surface area contributed by atoms with Gasteiger partial charge >= 0.3 is 0 Å². The van der Waals surface area contributed by atoms with Gasteiger partial charge in [-0.3, -0.25) is 4.98 Å². The molecule has 3 aromatic heterocycles. The molecule has 1 saturated carbocycles. The number of benzene rings is 1. The van der Waals surface area contributed by atoms with Crippen molar-refractivity contribution in [2.75, 3.05) is 12.4 Å². The van der Waals surface area contributed by atoms with Crippen LogP contribution < -0.4 is 15.4 Å². The Morgan fingerprint density at radius 3 is 2.65 bits per heavy atom. The van der Waals surface area contributed by atoms with Crippen molar-refractivity contribution in [3.63, 3.8) is 0 Å². The number of ether oxygens (including phenoxy) is 1. The summed E-state index contributed by atoms with van der Waals surface area (Å²) in [6, 6.07) is 14.4. The Morgan fingerprint density at radius 1 is 1.00 bits per heavy atom. The van der Waals surface area contributed by atoms with Gasteiger partial charge in [-0.25, -0.2) is 19.9 Å². The second-order valence-electron chi connectivity index (χ2n) is 8.61. The monoisotopic (exact) mass is 451 g/mol. The first-order chi connectivity index (χ1) is 16.8. The largest absolute Gasteiger partial charge is 0.480 e. The van der Waals surface area contributed by atoms with Crippen LogP contribution in [-0.2, 0) is 19.6 Å². The van der Waals surface area contributed by atoms with Crippen molar-refractivity contribution < 1.29 is 4.74 Å². The Kier molecular flexibility index (Phi) is 5.35. The highest BCUT2D eigenvalue weighted by molar-refractivity contribution is 5.68. The molecule has 8 nitrogen and oxygen atoms in total. The van der Waals surface area contributed by atoms with Crippen molar-refractivity contribution in [2.24, 2.45) is 0 Å². The fourth-order valence-electron chi connectivity index (χ4n) is 4.35. The lowest BCUT2D eigenvalue weighted by Gasteiger charge is -2.15. The maximum Gasteiger partial charge on any atom is 0.227 e. The predicted octanol–water partition coefficient (Wildman–Crippen LogP) is 4.10. The Morgan fingerprint density at radius 2 is 1.88 bits per heavy atom. The molecule has 8 heteroatoms. The zero-order valence-corrected chi connectivity index (χ0v) is 19.0. The van der Waals surface area contributed by atoms with E-state index in [2.05, 4.69) is 49.9 Å². The number of anilines is 1. The molecule has 4 aromatic rings. The molecular weight excluding hydrogens is 426 g/mol. The van der Waals surface area contributed by atoms with Crippen molar-refractivity contribution >= 4 is 5.82 Å². The molecule has 1 fully saturated rings. The molecule has 0 radical (unpaired) electrons. The first kappa shape index (κ1) is 20.7. The van der Waals surface area contributed by atoms with Crippen LogP contribution >= 0.6 is 0 Å². The van der Waals surface area contributed by atoms with E-state index in [0.29, 0.717) is 30.7 Å². The summed E-state index contributed by atoms with van der Waals surface area (Å²) in [7, 11) is 1.63. The number of methoxy groups -OCH3 is 1. The molecule has 0 bridgehead atoms. The van der Waals surface area contributed by atoms with Crippen LogP contribution in [-0.4, -0.2) is 32.0 Å². The highest BCUT2D eigenvalue weighted by atomic mass is 16.5. The second kappa shape index (κ2) is 8.79. The van der Waals surface area contributed by atoms with Gasteiger partial charge in [0.2, 0.25) is 5.88 Å². The molecule has 6 rings (SSSR count). The van der Waals surface area contributed by atoms with Gasteiger partial charge < -0.3 is 15.4 Å². The lowest BCUT2D eigenvalue weighted by atomic mass is 10.1. The smallest absolute Gasteiger partial charge is 0.227 e. The van der Waals surface area contributed by atoms with Gasteiger partial charge in [0.15, 0.2) is 5.82 Å². The Hall–Kier alpha value is -3.91. The fourth-order valence-corrected chi connectivity index (χ4v) is 4.35. The summed E-state index contributed by atoms with van der Waals surface area (Å²) in [4.78, 5) is 23.2. The van der Waals surface area contributed by atoms with Crippen LogP contribution in [0.3, 0.4) is 0 Å². The standard InChI is InChI=1S/C26H25N7O/c1-34-26-22(23(18-9-10-18)30-15-31-26)25-32-21-14-27-13-19(21)24(33-25)29-12-16-5-7-17(8-6-16)20-4-2-3-11-28-20/h2-8,11,15,18,27H,9-10,12-14H2,1H3,(H,29,32,33). The summed E-state index contributed by atoms with van der Waals surface area (Å²) in [5, 5.41) is 6.94. The lowest BCUT2D eigenvalue weighted by Crippen LogP contribution is -2.09. The molecule has 1 aliphatic carbocycles. The molecule has 170 valence electrons. The average molecular weight is 452 g/mol. The maximum atomic E-state index is 5.58. The number of hydrogen-bond acceptors (Lipinski definition) is 8. The van der Waals surface area contributed by atoms with Gasteiger partial charge in [0.05, 0.1) is 24.2 Å². The van der Waals surface area contributed by atoms with Crippen molar-refractivity contribution in [1.82, 2.24) is 30.2 Å². The third-order valence-electron chi connectivity index (χ3n) is 6.28. The van der Waals surface area contributed by atoms with Gasteiger partial charge in [0.1, 0.15) is 17.7 Å². The van der Waals surface area contributed by atoms with Crippen LogP contribution in [0, 0.1) is 0 Å². The maximum absolute atomic E-state index is 5.58. The predicted molar refractivity (Wildman–Crippen MR) is 129 cm³/mol. The van der Waals surface area contributed by atoms with Gasteiger partial charge in [0.25, 0.3) is 0 Å². The number of nitrogens with one attached hydrogen (secondary N) is 2. The van der Waals surface area contributed by atoms with E-state index in [-0.39, 0.29) is 0 Å². The van der Waals surface area contributed by atoms with Crippen LogP contribution in [0.2, 0.25) is 0 Å². The van der Waals surface area contributed by atoms with E-state index in [0.717, 1.165) is 59.0 Å². The van der Waals surface area contributed by atoms with E-state index < -0.39 is 0 Å². The van der Waals surface area contributed by atoms with Crippen molar-refractivity contribution in [2.45, 2.75) is 38.4 Å². The van der Waals surface area contributed by atoms with Crippen LogP contribution in [0.1, 0.15) is 41.3 Å². The fraction of sp³-hybridized carbons (Fsp3) is 0.269. The second-order valence-corrected chi connectivity index (χ2v) is 8.61. The summed E-state index contributed by atoms with van der Waals surface area (Å²) >= 11 is 0. The van der Waals surface area contributed by atoms with E-state index in [9.17, 15) is 0 Å². The molecule has 2 N–H and O–H groups in total. The van der Waals surface area contributed by atoms with E-state index in [1.807, 2.05) is 24.4 Å². The van der Waals surface area contributed by atoms with Gasteiger partial charge in [0, 0.05) is 42.9 Å². The zero-order valence-electron chi connectivity index (χ0n) is 19.0. The molecular formula is C26H25N7O. The van der Waals surface area contributed by atoms with Gasteiger partial charge in [-0.1, -0.05) is 30.3 Å². The number of rotatable bonds is 7. The topological polar surface area (TPSA) is 97.7 Å². The molecule has 0 atom stereocenters. The summed E-state index contributed by atoms with van der Waals surface area (Å²) in [6.45, 7) is 2.12. The zero-order chi connectivity index (χ0) is 22.9. The molecule has 2 aliphatic rings. The summed E-state index contributed by atoms with van der Waals surface area (Å²) in [5.41, 5.74) is 7.14. The van der Waals surface area contributed by atoms with Gasteiger partial charge in [-0.05, 0) is 30.5 Å². The first-order valence-corrected chi connectivity index (χ1v) is 11.5. The van der Waals surface area contributed by atoms with Crippen LogP contribution in [0.15, 0.2) is 55.0 Å². The van der Waals surface area contributed by atoms with Crippen molar-refractivity contribution in [3.05, 3.63) is 77.5 Å². The molecule has 0 spiro atoms. The first-order valence-electron chi connectivity index (χ1n) is 11.5. The third-order valence-corrected chi connectivity index (χ3v) is 6.28. The molecule has 0 saturated heterocycles. The normalized spacial score (nSPS) is 14.6. The number of hydrogen-bond donors (Lipinski definition) is 2. The van der Waals surface area contributed by atoms with E-state index in [4.69, 9.17) is 14.7 Å². The minimum atomic E-state index is 0.427. The van der Waals surface area contributed by atoms with Crippen molar-refractivity contribution in [3.8, 4) is 28.5 Å². The van der Waals surface area contributed by atoms with Gasteiger partial charge in [-0.15, -0.1) is 0 Å². The third kappa shape index (κ3) is 3.97. The van der Waals surface area contributed by atoms with E-state index in [1.54, 1.807) is 13.4 Å². The van der Waals surface area contributed by atoms with E-state index in [1.165, 1.54) is 5.56 Å². The quantitative estimate of drug-likeness (QED) is 0.434. The highest BCUT2D eigenvalue weighted by Crippen LogP contribution is 2.45. The summed E-state index contributed by atoms with van der Waals surface area (Å²) < 4.78 is 5.58. The number of nitrogens with zero attached hydrogens (tertiary/aromatic N) is 5. The van der Waals surface area contributed by atoms with Crippen LogP contribution in [0.5, 0.6) is 5.88 Å². The summed E-state index contributed by atoms with van der Waals surface area (Å²) in [6.07, 6.45) is 5.63. The van der Waals surface area contributed by atoms with E-state index >= 15 is 0 Å². The van der Waals surface area contributed by atoms with Crippen LogP contribution in [0.25, 0.3) is 22.6 Å². The van der Waals surface area contributed by atoms with Crippen LogP contribution in [0.4, 0.5) is 5.82 Å². The number of aromatic nitrogens is 5. The molecule has 1 aliphatic heterocycles. The van der Waals surface area contributed by atoms with Crippen molar-refractivity contribution in [1.29, 1.82) is 0 Å². The highest BCUT2D eigenvalue weighted by Gasteiger charge is 2.32.